The molecular weight excluding hydrogens is 241 g/mol. The van der Waals surface area contributed by atoms with E-state index in [0.717, 1.165) is 11.1 Å². The second-order valence-electron chi connectivity index (χ2n) is 4.10. The smallest absolute Gasteiger partial charge is 0.143 e. The predicted octanol–water partition coefficient (Wildman–Crippen LogP) is 2.77. The first-order valence-corrected chi connectivity index (χ1v) is 5.95. The van der Waals surface area contributed by atoms with Gasteiger partial charge in [0.1, 0.15) is 17.4 Å². The predicted molar refractivity (Wildman–Crippen MR) is 72.8 cm³/mol. The number of benzene rings is 2. The second-order valence-corrected chi connectivity index (χ2v) is 4.10. The van der Waals surface area contributed by atoms with E-state index in [1.165, 1.54) is 6.07 Å². The molecule has 0 aliphatic rings. The lowest BCUT2D eigenvalue weighted by atomic mass is 10.1. The molecule has 0 atom stereocenters. The van der Waals surface area contributed by atoms with Crippen LogP contribution in [0, 0.1) is 17.1 Å². The molecule has 0 saturated heterocycles. The molecule has 0 fully saturated rings. The summed E-state index contributed by atoms with van der Waals surface area (Å²) < 4.78 is 13.4. The van der Waals surface area contributed by atoms with Crippen LogP contribution >= 0.6 is 0 Å². The first-order valence-electron chi connectivity index (χ1n) is 5.95. The van der Waals surface area contributed by atoms with Crippen LogP contribution in [-0.2, 0) is 13.1 Å². The van der Waals surface area contributed by atoms with E-state index < -0.39 is 5.82 Å². The van der Waals surface area contributed by atoms with Gasteiger partial charge in [0.05, 0.1) is 5.69 Å². The van der Waals surface area contributed by atoms with Crippen LogP contribution in [0.15, 0.2) is 42.5 Å². The molecule has 0 saturated carbocycles. The Hall–Kier alpha value is -2.38. The van der Waals surface area contributed by atoms with Crippen LogP contribution in [0.25, 0.3) is 0 Å². The minimum atomic E-state index is -0.514. The summed E-state index contributed by atoms with van der Waals surface area (Å²) in [4.78, 5) is 0. The van der Waals surface area contributed by atoms with Crippen molar-refractivity contribution in [2.45, 2.75) is 13.1 Å². The lowest BCUT2D eigenvalue weighted by Gasteiger charge is -2.11. The molecule has 4 heteroatoms. The van der Waals surface area contributed by atoms with Crippen molar-refractivity contribution < 1.29 is 4.39 Å². The minimum Gasteiger partial charge on any atom is -0.380 e. The van der Waals surface area contributed by atoms with E-state index in [-0.39, 0.29) is 5.56 Å². The first kappa shape index (κ1) is 13.1. The molecule has 0 spiro atoms. The molecule has 0 heterocycles. The second kappa shape index (κ2) is 5.98. The molecule has 19 heavy (non-hydrogen) atoms. The third kappa shape index (κ3) is 2.90. The van der Waals surface area contributed by atoms with E-state index in [4.69, 9.17) is 11.0 Å². The molecule has 0 aliphatic heterocycles. The third-order valence-corrected chi connectivity index (χ3v) is 2.93. The van der Waals surface area contributed by atoms with Gasteiger partial charge in [0.2, 0.25) is 0 Å². The molecule has 0 radical (unpaired) electrons. The Bertz CT molecular complexity index is 617. The number of nitrogens with two attached hydrogens (primary N) is 1. The van der Waals surface area contributed by atoms with Crippen molar-refractivity contribution >= 4 is 5.69 Å². The van der Waals surface area contributed by atoms with E-state index in [9.17, 15) is 4.39 Å². The molecule has 2 aromatic carbocycles. The van der Waals surface area contributed by atoms with E-state index >= 15 is 0 Å². The third-order valence-electron chi connectivity index (χ3n) is 2.93. The van der Waals surface area contributed by atoms with Crippen molar-refractivity contribution in [1.82, 2.24) is 0 Å². The summed E-state index contributed by atoms with van der Waals surface area (Å²) in [6, 6.07) is 14.2. The summed E-state index contributed by atoms with van der Waals surface area (Å²) >= 11 is 0. The van der Waals surface area contributed by atoms with Crippen LogP contribution in [-0.4, -0.2) is 0 Å². The molecule has 96 valence electrons. The number of hydrogen-bond donors (Lipinski definition) is 2. The molecule has 0 unspecified atom stereocenters. The van der Waals surface area contributed by atoms with Crippen LogP contribution in [0.3, 0.4) is 0 Å². The van der Waals surface area contributed by atoms with Crippen molar-refractivity contribution in [2.24, 2.45) is 5.73 Å². The molecule has 3 nitrogen and oxygen atoms in total. The molecule has 0 bridgehead atoms. The van der Waals surface area contributed by atoms with Gasteiger partial charge in [-0.25, -0.2) is 4.39 Å². The fourth-order valence-corrected chi connectivity index (χ4v) is 1.90. The van der Waals surface area contributed by atoms with Gasteiger partial charge in [0, 0.05) is 13.1 Å². The number of hydrogen-bond acceptors (Lipinski definition) is 3. The van der Waals surface area contributed by atoms with E-state index in [0.29, 0.717) is 18.8 Å². The lowest BCUT2D eigenvalue weighted by molar-refractivity contribution is 0.624. The van der Waals surface area contributed by atoms with Crippen LogP contribution in [0.1, 0.15) is 16.7 Å². The Morgan fingerprint density at radius 3 is 2.53 bits per heavy atom. The van der Waals surface area contributed by atoms with Crippen molar-refractivity contribution in [3.63, 3.8) is 0 Å². The van der Waals surface area contributed by atoms with Crippen molar-refractivity contribution in [3.05, 3.63) is 65.0 Å². The largest absolute Gasteiger partial charge is 0.380 e. The maximum atomic E-state index is 13.4. The average Bonchev–Trinajstić information content (AvgIpc) is 2.45. The van der Waals surface area contributed by atoms with Gasteiger partial charge in [-0.05, 0) is 23.3 Å². The maximum Gasteiger partial charge on any atom is 0.143 e. The summed E-state index contributed by atoms with van der Waals surface area (Å²) in [6.07, 6.45) is 0. The zero-order valence-electron chi connectivity index (χ0n) is 10.4. The Morgan fingerprint density at radius 2 is 1.84 bits per heavy atom. The molecule has 0 amide bonds. The lowest BCUT2D eigenvalue weighted by Crippen LogP contribution is -2.07. The SMILES string of the molecule is N#Cc1c(F)cccc1NCc1ccccc1CN. The molecular formula is C15H14FN3. The number of rotatable bonds is 4. The summed E-state index contributed by atoms with van der Waals surface area (Å²) in [5.74, 6) is -0.514. The van der Waals surface area contributed by atoms with E-state index in [2.05, 4.69) is 5.32 Å². The topological polar surface area (TPSA) is 61.8 Å². The van der Waals surface area contributed by atoms with Crippen LogP contribution in [0.2, 0.25) is 0 Å². The van der Waals surface area contributed by atoms with E-state index in [1.807, 2.05) is 30.3 Å². The number of nitrogens with zero attached hydrogens (tertiary/aromatic N) is 1. The number of nitrogens with one attached hydrogen (secondary N) is 1. The number of nitriles is 1. The van der Waals surface area contributed by atoms with E-state index in [1.54, 1.807) is 12.1 Å². The fourth-order valence-electron chi connectivity index (χ4n) is 1.90. The van der Waals surface area contributed by atoms with Gasteiger partial charge in [0.25, 0.3) is 0 Å². The molecule has 0 aromatic heterocycles. The Morgan fingerprint density at radius 1 is 1.11 bits per heavy atom. The minimum absolute atomic E-state index is 0.0349. The van der Waals surface area contributed by atoms with Crippen LogP contribution in [0.5, 0.6) is 0 Å². The van der Waals surface area contributed by atoms with Gasteiger partial charge in [-0.3, -0.25) is 0 Å². The van der Waals surface area contributed by atoms with Crippen LogP contribution < -0.4 is 11.1 Å². The highest BCUT2D eigenvalue weighted by molar-refractivity contribution is 5.58. The fraction of sp³-hybridized carbons (Fsp3) is 0.133. The molecule has 3 N–H and O–H groups in total. The quantitative estimate of drug-likeness (QED) is 0.883. The summed E-state index contributed by atoms with van der Waals surface area (Å²) in [5, 5.41) is 12.0. The molecule has 2 rings (SSSR count). The normalized spacial score (nSPS) is 9.95. The Labute approximate surface area is 111 Å². The summed E-state index contributed by atoms with van der Waals surface area (Å²) in [6.45, 7) is 0.956. The molecule has 0 aliphatic carbocycles. The van der Waals surface area contributed by atoms with Crippen molar-refractivity contribution in [3.8, 4) is 6.07 Å². The zero-order chi connectivity index (χ0) is 13.7. The molecule has 2 aromatic rings. The number of anilines is 1. The summed E-state index contributed by atoms with van der Waals surface area (Å²) in [5.41, 5.74) is 8.26. The van der Waals surface area contributed by atoms with Gasteiger partial charge >= 0.3 is 0 Å². The Balaban J connectivity index is 2.20. The number of halogens is 1. The summed E-state index contributed by atoms with van der Waals surface area (Å²) in [7, 11) is 0. The highest BCUT2D eigenvalue weighted by atomic mass is 19.1. The van der Waals surface area contributed by atoms with Crippen molar-refractivity contribution in [2.75, 3.05) is 5.32 Å². The van der Waals surface area contributed by atoms with Crippen molar-refractivity contribution in [1.29, 1.82) is 5.26 Å². The standard InChI is InChI=1S/C15H14FN3/c16-14-6-3-7-15(13(14)9-18)19-10-12-5-2-1-4-11(12)8-17/h1-7,19H,8,10,17H2. The highest BCUT2D eigenvalue weighted by Gasteiger charge is 2.07. The first-order chi connectivity index (χ1) is 9.26. The average molecular weight is 255 g/mol. The van der Waals surface area contributed by atoms with Gasteiger partial charge < -0.3 is 11.1 Å². The highest BCUT2D eigenvalue weighted by Crippen LogP contribution is 2.19. The van der Waals surface area contributed by atoms with Gasteiger partial charge in [-0.1, -0.05) is 30.3 Å². The van der Waals surface area contributed by atoms with Gasteiger partial charge in [0.15, 0.2) is 0 Å². The van der Waals surface area contributed by atoms with Crippen LogP contribution in [0.4, 0.5) is 10.1 Å². The Kier molecular flexibility index (Phi) is 4.11. The monoisotopic (exact) mass is 255 g/mol. The van der Waals surface area contributed by atoms with Gasteiger partial charge in [-0.15, -0.1) is 0 Å². The zero-order valence-corrected chi connectivity index (χ0v) is 10.4. The van der Waals surface area contributed by atoms with Gasteiger partial charge in [-0.2, -0.15) is 5.26 Å². The maximum absolute atomic E-state index is 13.4.